The van der Waals surface area contributed by atoms with Gasteiger partial charge in [0.05, 0.1) is 29.7 Å². The fourth-order valence-electron chi connectivity index (χ4n) is 4.03. The summed E-state index contributed by atoms with van der Waals surface area (Å²) in [5.41, 5.74) is 4.98. The molecule has 2 N–H and O–H groups in total. The van der Waals surface area contributed by atoms with Gasteiger partial charge in [0.15, 0.2) is 5.65 Å². The Bertz CT molecular complexity index is 1310. The van der Waals surface area contributed by atoms with Crippen LogP contribution in [0, 0.1) is 11.3 Å². The average molecular weight is 429 g/mol. The summed E-state index contributed by atoms with van der Waals surface area (Å²) in [5, 5.41) is 29.6. The van der Waals surface area contributed by atoms with Gasteiger partial charge < -0.3 is 5.32 Å². The Balaban J connectivity index is 1.56. The third-order valence-corrected chi connectivity index (χ3v) is 5.75. The first kappa shape index (κ1) is 20.1. The van der Waals surface area contributed by atoms with E-state index in [0.29, 0.717) is 28.5 Å². The third kappa shape index (κ3) is 3.46. The average Bonchev–Trinajstić information content (AvgIpc) is 3.41. The minimum atomic E-state index is 0.200. The van der Waals surface area contributed by atoms with Crippen LogP contribution >= 0.6 is 0 Å². The van der Waals surface area contributed by atoms with Crippen molar-refractivity contribution in [3.8, 4) is 28.6 Å². The van der Waals surface area contributed by atoms with E-state index >= 15 is 0 Å². The first-order valence-electron chi connectivity index (χ1n) is 10.7. The van der Waals surface area contributed by atoms with E-state index in [-0.39, 0.29) is 6.04 Å². The normalized spacial score (nSPS) is 14.6. The molecule has 1 aliphatic rings. The Morgan fingerprint density at radius 1 is 1.22 bits per heavy atom. The standard InChI is InChI=1S/C22H24N10/c1-4-31-10-15(11-31)32-12-20(28-30-32)16-8-24-19(5-18(16)27-13(2)3)21-14(6-23)7-25-22-17(21)9-26-29-22/h5,7-9,12-13,15H,4,10-11H2,1-3H3,(H,24,27)(H,25,26,29). The van der Waals surface area contributed by atoms with Crippen LogP contribution in [0.4, 0.5) is 5.69 Å². The van der Waals surface area contributed by atoms with Crippen LogP contribution < -0.4 is 5.32 Å². The van der Waals surface area contributed by atoms with E-state index in [1.165, 1.54) is 0 Å². The molecule has 1 fully saturated rings. The van der Waals surface area contributed by atoms with Crippen LogP contribution in [0.1, 0.15) is 32.4 Å². The van der Waals surface area contributed by atoms with Gasteiger partial charge in [0.1, 0.15) is 11.8 Å². The fourth-order valence-corrected chi connectivity index (χ4v) is 4.03. The number of aromatic nitrogens is 7. The number of nitrogens with one attached hydrogen (secondary N) is 2. The lowest BCUT2D eigenvalue weighted by Gasteiger charge is -2.37. The second kappa shape index (κ2) is 8.01. The molecule has 0 unspecified atom stereocenters. The zero-order valence-corrected chi connectivity index (χ0v) is 18.2. The topological polar surface area (TPSA) is 124 Å². The molecule has 32 heavy (non-hydrogen) atoms. The molecule has 0 aromatic carbocycles. The van der Waals surface area contributed by atoms with Gasteiger partial charge in [-0.05, 0) is 26.5 Å². The first-order valence-corrected chi connectivity index (χ1v) is 10.7. The largest absolute Gasteiger partial charge is 0.382 e. The second-order valence-electron chi connectivity index (χ2n) is 8.29. The minimum Gasteiger partial charge on any atom is -0.382 e. The lowest BCUT2D eigenvalue weighted by Crippen LogP contribution is -2.47. The molecule has 0 radical (unpaired) electrons. The predicted molar refractivity (Wildman–Crippen MR) is 121 cm³/mol. The van der Waals surface area contributed by atoms with Crippen molar-refractivity contribution in [2.75, 3.05) is 25.0 Å². The Kier molecular flexibility index (Phi) is 5.03. The Morgan fingerprint density at radius 3 is 2.81 bits per heavy atom. The van der Waals surface area contributed by atoms with Gasteiger partial charge >= 0.3 is 0 Å². The minimum absolute atomic E-state index is 0.200. The molecule has 162 valence electrons. The first-order chi connectivity index (χ1) is 15.6. The van der Waals surface area contributed by atoms with Crippen LogP contribution in [0.5, 0.6) is 0 Å². The molecule has 0 saturated carbocycles. The number of likely N-dealkylation sites (N-methyl/N-ethyl adjacent to an activating group) is 1. The van der Waals surface area contributed by atoms with Crippen molar-refractivity contribution in [2.45, 2.75) is 32.9 Å². The molecule has 0 aliphatic carbocycles. The third-order valence-electron chi connectivity index (χ3n) is 5.75. The number of hydrogen-bond acceptors (Lipinski definition) is 8. The molecule has 0 spiro atoms. The summed E-state index contributed by atoms with van der Waals surface area (Å²) < 4.78 is 1.94. The molecule has 1 saturated heterocycles. The number of pyridine rings is 2. The molecule has 10 nitrogen and oxygen atoms in total. The van der Waals surface area contributed by atoms with Crippen LogP contribution in [0.2, 0.25) is 0 Å². The summed E-state index contributed by atoms with van der Waals surface area (Å²) >= 11 is 0. The highest BCUT2D eigenvalue weighted by Crippen LogP contribution is 2.34. The van der Waals surface area contributed by atoms with Gasteiger partial charge in [0, 0.05) is 53.7 Å². The van der Waals surface area contributed by atoms with Gasteiger partial charge in [-0.1, -0.05) is 12.1 Å². The van der Waals surface area contributed by atoms with Crippen LogP contribution in [0.3, 0.4) is 0 Å². The van der Waals surface area contributed by atoms with E-state index in [2.05, 4.69) is 62.6 Å². The number of nitriles is 1. The molecule has 0 bridgehead atoms. The molecule has 10 heteroatoms. The van der Waals surface area contributed by atoms with Gasteiger partial charge in [0.2, 0.25) is 0 Å². The van der Waals surface area contributed by atoms with Crippen molar-refractivity contribution in [3.63, 3.8) is 0 Å². The SMILES string of the molecule is CCN1CC(n2cc(-c3cnc(-c4c(C#N)cnc5[nH]ncc45)cc3NC(C)C)nn2)C1. The number of aromatic amines is 1. The van der Waals surface area contributed by atoms with Gasteiger partial charge in [-0.25, -0.2) is 9.67 Å². The lowest BCUT2D eigenvalue weighted by atomic mass is 10.0. The fraction of sp³-hybridized carbons (Fsp3) is 0.364. The summed E-state index contributed by atoms with van der Waals surface area (Å²) in [4.78, 5) is 11.3. The van der Waals surface area contributed by atoms with Crippen LogP contribution in [0.25, 0.3) is 33.5 Å². The summed E-state index contributed by atoms with van der Waals surface area (Å²) in [7, 11) is 0. The number of H-pyrrole nitrogens is 1. The lowest BCUT2D eigenvalue weighted by molar-refractivity contribution is 0.104. The highest BCUT2D eigenvalue weighted by Gasteiger charge is 2.28. The van der Waals surface area contributed by atoms with Crippen molar-refractivity contribution >= 4 is 16.7 Å². The number of anilines is 1. The number of rotatable bonds is 6. The molecule has 5 heterocycles. The van der Waals surface area contributed by atoms with Crippen molar-refractivity contribution in [1.82, 2.24) is 40.1 Å². The zero-order chi connectivity index (χ0) is 22.2. The molecule has 0 amide bonds. The van der Waals surface area contributed by atoms with E-state index in [0.717, 1.165) is 42.0 Å². The van der Waals surface area contributed by atoms with Crippen molar-refractivity contribution in [3.05, 3.63) is 36.4 Å². The quantitative estimate of drug-likeness (QED) is 0.480. The van der Waals surface area contributed by atoms with Crippen molar-refractivity contribution in [2.24, 2.45) is 0 Å². The molecule has 0 atom stereocenters. The number of nitrogens with zero attached hydrogens (tertiary/aromatic N) is 8. The van der Waals surface area contributed by atoms with E-state index in [9.17, 15) is 5.26 Å². The van der Waals surface area contributed by atoms with E-state index in [1.807, 2.05) is 16.9 Å². The van der Waals surface area contributed by atoms with Gasteiger partial charge in [-0.3, -0.25) is 15.0 Å². The molecular formula is C22H24N10. The summed E-state index contributed by atoms with van der Waals surface area (Å²) in [6.45, 7) is 9.36. The molecular weight excluding hydrogens is 404 g/mol. The number of likely N-dealkylation sites (tertiary alicyclic amines) is 1. The maximum atomic E-state index is 9.66. The maximum Gasteiger partial charge on any atom is 0.155 e. The number of fused-ring (bicyclic) bond motifs is 1. The smallest absolute Gasteiger partial charge is 0.155 e. The summed E-state index contributed by atoms with van der Waals surface area (Å²) in [6.07, 6.45) is 7.00. The summed E-state index contributed by atoms with van der Waals surface area (Å²) in [6, 6.07) is 4.74. The highest BCUT2D eigenvalue weighted by atomic mass is 15.5. The summed E-state index contributed by atoms with van der Waals surface area (Å²) in [5.74, 6) is 0. The molecule has 1 aliphatic heterocycles. The van der Waals surface area contributed by atoms with E-state index in [4.69, 9.17) is 4.98 Å². The van der Waals surface area contributed by atoms with Crippen LogP contribution in [-0.2, 0) is 0 Å². The van der Waals surface area contributed by atoms with Gasteiger partial charge in [0.25, 0.3) is 0 Å². The molecule has 4 aromatic heterocycles. The Labute approximate surface area is 185 Å². The van der Waals surface area contributed by atoms with Crippen molar-refractivity contribution < 1.29 is 0 Å². The number of hydrogen-bond donors (Lipinski definition) is 2. The van der Waals surface area contributed by atoms with Gasteiger partial charge in [-0.2, -0.15) is 10.4 Å². The predicted octanol–water partition coefficient (Wildman–Crippen LogP) is 2.85. The maximum absolute atomic E-state index is 9.66. The highest BCUT2D eigenvalue weighted by molar-refractivity contribution is 5.95. The van der Waals surface area contributed by atoms with Crippen LogP contribution in [-0.4, -0.2) is 65.7 Å². The second-order valence-corrected chi connectivity index (χ2v) is 8.29. The van der Waals surface area contributed by atoms with Crippen molar-refractivity contribution in [1.29, 1.82) is 5.26 Å². The molecule has 5 rings (SSSR count). The van der Waals surface area contributed by atoms with Crippen LogP contribution in [0.15, 0.2) is 30.9 Å². The Hall–Kier alpha value is -3.84. The molecule has 4 aromatic rings. The van der Waals surface area contributed by atoms with E-state index < -0.39 is 0 Å². The zero-order valence-electron chi connectivity index (χ0n) is 18.2. The van der Waals surface area contributed by atoms with E-state index in [1.54, 1.807) is 18.6 Å². The van der Waals surface area contributed by atoms with Gasteiger partial charge in [-0.15, -0.1) is 5.10 Å². The monoisotopic (exact) mass is 428 g/mol. The Morgan fingerprint density at radius 2 is 2.06 bits per heavy atom.